The van der Waals surface area contributed by atoms with Crippen molar-refractivity contribution in [2.45, 2.75) is 24.6 Å². The minimum Gasteiger partial charge on any atom is -0.465 e. The van der Waals surface area contributed by atoms with E-state index in [4.69, 9.17) is 16.0 Å². The van der Waals surface area contributed by atoms with Crippen LogP contribution in [-0.2, 0) is 15.9 Å². The Morgan fingerprint density at radius 1 is 1.36 bits per heavy atom. The van der Waals surface area contributed by atoms with E-state index >= 15 is 0 Å². The van der Waals surface area contributed by atoms with Crippen LogP contribution in [0.5, 0.6) is 0 Å². The number of nitrogens with one attached hydrogen (secondary N) is 1. The average molecular weight is 238 g/mol. The summed E-state index contributed by atoms with van der Waals surface area (Å²) in [4.78, 5) is 0.160. The Bertz CT molecular complexity index is 436. The first-order valence-electron chi connectivity index (χ1n) is 4.02. The maximum atomic E-state index is 11.6. The van der Waals surface area contributed by atoms with Gasteiger partial charge in [-0.15, -0.1) is 11.6 Å². The summed E-state index contributed by atoms with van der Waals surface area (Å²) in [6.45, 7) is 3.30. The van der Waals surface area contributed by atoms with Gasteiger partial charge >= 0.3 is 0 Å². The van der Waals surface area contributed by atoms with Gasteiger partial charge in [-0.25, -0.2) is 13.1 Å². The molecule has 1 heterocycles. The van der Waals surface area contributed by atoms with E-state index < -0.39 is 10.0 Å². The molecule has 0 aliphatic heterocycles. The number of alkyl halides is 1. The molecule has 0 aromatic carbocycles. The molecule has 1 aromatic rings. The monoisotopic (exact) mass is 237 g/mol. The third-order valence-corrected chi connectivity index (χ3v) is 3.87. The molecule has 0 saturated heterocycles. The summed E-state index contributed by atoms with van der Waals surface area (Å²) >= 11 is 5.66. The molecule has 0 aliphatic carbocycles. The van der Waals surface area contributed by atoms with Crippen LogP contribution in [-0.4, -0.2) is 15.5 Å². The highest BCUT2D eigenvalue weighted by Crippen LogP contribution is 2.27. The van der Waals surface area contributed by atoms with Crippen molar-refractivity contribution in [2.24, 2.45) is 0 Å². The lowest BCUT2D eigenvalue weighted by Crippen LogP contribution is -2.20. The Kier molecular flexibility index (Phi) is 3.24. The predicted octanol–water partition coefficient (Wildman–Crippen LogP) is 1.54. The molecule has 0 atom stereocenters. The Morgan fingerprint density at radius 3 is 2.36 bits per heavy atom. The lowest BCUT2D eigenvalue weighted by atomic mass is 10.3. The lowest BCUT2D eigenvalue weighted by Gasteiger charge is -2.02. The summed E-state index contributed by atoms with van der Waals surface area (Å²) in [6.07, 6.45) is 0. The van der Waals surface area contributed by atoms with Gasteiger partial charge in [-0.1, -0.05) is 0 Å². The molecule has 14 heavy (non-hydrogen) atoms. The highest BCUT2D eigenvalue weighted by atomic mass is 35.5. The van der Waals surface area contributed by atoms with E-state index in [2.05, 4.69) is 4.72 Å². The second-order valence-electron chi connectivity index (χ2n) is 2.86. The van der Waals surface area contributed by atoms with Gasteiger partial charge < -0.3 is 4.42 Å². The van der Waals surface area contributed by atoms with Gasteiger partial charge in [0.1, 0.15) is 16.4 Å². The maximum Gasteiger partial charge on any atom is 0.244 e. The summed E-state index contributed by atoms with van der Waals surface area (Å²) in [5.74, 6) is 1.04. The van der Waals surface area contributed by atoms with Gasteiger partial charge in [0.25, 0.3) is 0 Å². The quantitative estimate of drug-likeness (QED) is 0.812. The zero-order chi connectivity index (χ0) is 10.9. The molecule has 6 heteroatoms. The van der Waals surface area contributed by atoms with E-state index in [1.165, 1.54) is 7.05 Å². The van der Waals surface area contributed by atoms with Crippen LogP contribution in [0.15, 0.2) is 9.31 Å². The molecule has 0 unspecified atom stereocenters. The fraction of sp³-hybridized carbons (Fsp3) is 0.500. The van der Waals surface area contributed by atoms with E-state index in [1.807, 2.05) is 0 Å². The van der Waals surface area contributed by atoms with Crippen LogP contribution >= 0.6 is 11.6 Å². The summed E-state index contributed by atoms with van der Waals surface area (Å²) in [5, 5.41) is 0. The fourth-order valence-electron chi connectivity index (χ4n) is 1.32. The van der Waals surface area contributed by atoms with Gasteiger partial charge in [0.2, 0.25) is 10.0 Å². The van der Waals surface area contributed by atoms with Crippen LogP contribution in [0.25, 0.3) is 0 Å². The van der Waals surface area contributed by atoms with Crippen molar-refractivity contribution < 1.29 is 12.8 Å². The van der Waals surface area contributed by atoms with Gasteiger partial charge in [-0.3, -0.25) is 0 Å². The number of halogens is 1. The SMILES string of the molecule is CNS(=O)(=O)c1c(C)oc(C)c1CCl. The molecule has 0 aliphatic rings. The average Bonchev–Trinajstić information content (AvgIpc) is 2.40. The van der Waals surface area contributed by atoms with Gasteiger partial charge in [0.05, 0.1) is 5.88 Å². The minimum absolute atomic E-state index is 0.124. The normalized spacial score (nSPS) is 12.0. The van der Waals surface area contributed by atoms with Crippen LogP contribution < -0.4 is 4.72 Å². The van der Waals surface area contributed by atoms with Gasteiger partial charge in [0, 0.05) is 5.56 Å². The van der Waals surface area contributed by atoms with E-state index in [1.54, 1.807) is 13.8 Å². The first kappa shape index (κ1) is 11.6. The van der Waals surface area contributed by atoms with Crippen LogP contribution in [0.1, 0.15) is 17.1 Å². The third-order valence-electron chi connectivity index (χ3n) is 2.00. The summed E-state index contributed by atoms with van der Waals surface area (Å²) in [6, 6.07) is 0. The minimum atomic E-state index is -3.48. The zero-order valence-electron chi connectivity index (χ0n) is 8.22. The lowest BCUT2D eigenvalue weighted by molar-refractivity contribution is 0.494. The summed E-state index contributed by atoms with van der Waals surface area (Å²) in [7, 11) is -2.12. The smallest absolute Gasteiger partial charge is 0.244 e. The van der Waals surface area contributed by atoms with Crippen molar-refractivity contribution in [3.63, 3.8) is 0 Å². The molecule has 0 amide bonds. The molecule has 0 radical (unpaired) electrons. The second kappa shape index (κ2) is 3.92. The molecule has 0 saturated carbocycles. The Labute approximate surface area is 88.3 Å². The summed E-state index contributed by atoms with van der Waals surface area (Å²) in [5.41, 5.74) is 0.526. The number of hydrogen-bond acceptors (Lipinski definition) is 3. The first-order chi connectivity index (χ1) is 6.44. The van der Waals surface area contributed by atoms with Crippen molar-refractivity contribution in [3.8, 4) is 0 Å². The van der Waals surface area contributed by atoms with Gasteiger partial charge in [0.15, 0.2) is 0 Å². The maximum absolute atomic E-state index is 11.6. The van der Waals surface area contributed by atoms with Crippen molar-refractivity contribution in [1.82, 2.24) is 4.72 Å². The van der Waals surface area contributed by atoms with Crippen molar-refractivity contribution in [1.29, 1.82) is 0 Å². The Morgan fingerprint density at radius 2 is 1.93 bits per heavy atom. The topological polar surface area (TPSA) is 59.3 Å². The second-order valence-corrected chi connectivity index (χ2v) is 4.95. The van der Waals surface area contributed by atoms with E-state index in [9.17, 15) is 8.42 Å². The predicted molar refractivity (Wildman–Crippen MR) is 54.0 cm³/mol. The molecule has 1 rings (SSSR count). The molecule has 0 spiro atoms. The highest BCUT2D eigenvalue weighted by molar-refractivity contribution is 7.89. The van der Waals surface area contributed by atoms with Crippen molar-refractivity contribution in [2.75, 3.05) is 7.05 Å². The molecule has 0 bridgehead atoms. The molecule has 4 nitrogen and oxygen atoms in total. The third kappa shape index (κ3) is 1.80. The number of hydrogen-bond donors (Lipinski definition) is 1. The van der Waals surface area contributed by atoms with Crippen LogP contribution in [0.4, 0.5) is 0 Å². The zero-order valence-corrected chi connectivity index (χ0v) is 9.79. The molecule has 1 N–H and O–H groups in total. The molecule has 1 aromatic heterocycles. The Balaban J connectivity index is 3.48. The van der Waals surface area contributed by atoms with E-state index in [0.29, 0.717) is 17.1 Å². The number of rotatable bonds is 3. The van der Waals surface area contributed by atoms with E-state index in [-0.39, 0.29) is 10.8 Å². The molecular weight excluding hydrogens is 226 g/mol. The Hall–Kier alpha value is -0.520. The standard InChI is InChI=1S/C8H12ClNO3S/c1-5-7(4-9)8(6(2)13-5)14(11,12)10-3/h10H,4H2,1-3H3. The highest BCUT2D eigenvalue weighted by Gasteiger charge is 2.24. The van der Waals surface area contributed by atoms with Gasteiger partial charge in [-0.05, 0) is 20.9 Å². The fourth-order valence-corrected chi connectivity index (χ4v) is 2.88. The van der Waals surface area contributed by atoms with Crippen LogP contribution in [0, 0.1) is 13.8 Å². The number of sulfonamides is 1. The molecular formula is C8H12ClNO3S. The number of furan rings is 1. The van der Waals surface area contributed by atoms with Crippen molar-refractivity contribution >= 4 is 21.6 Å². The van der Waals surface area contributed by atoms with Crippen molar-refractivity contribution in [3.05, 3.63) is 17.1 Å². The molecule has 80 valence electrons. The van der Waals surface area contributed by atoms with E-state index in [0.717, 1.165) is 0 Å². The molecule has 0 fully saturated rings. The van der Waals surface area contributed by atoms with Crippen LogP contribution in [0.2, 0.25) is 0 Å². The summed E-state index contributed by atoms with van der Waals surface area (Å²) < 4.78 is 30.6. The largest absolute Gasteiger partial charge is 0.465 e. The number of aryl methyl sites for hydroxylation is 2. The first-order valence-corrected chi connectivity index (χ1v) is 6.04. The van der Waals surface area contributed by atoms with Crippen LogP contribution in [0.3, 0.4) is 0 Å². The van der Waals surface area contributed by atoms with Gasteiger partial charge in [-0.2, -0.15) is 0 Å².